The van der Waals surface area contributed by atoms with Gasteiger partial charge in [0.2, 0.25) is 0 Å². The minimum Gasteiger partial charge on any atom is -0.461 e. The van der Waals surface area contributed by atoms with Crippen molar-refractivity contribution in [3.63, 3.8) is 0 Å². The Morgan fingerprint density at radius 2 is 1.79 bits per heavy atom. The van der Waals surface area contributed by atoms with E-state index in [0.29, 0.717) is 43.2 Å². The molecule has 0 amide bonds. The topological polar surface area (TPSA) is 159 Å². The average molecular weight is 451 g/mol. The van der Waals surface area contributed by atoms with Crippen LogP contribution in [0.3, 0.4) is 0 Å². The van der Waals surface area contributed by atoms with Crippen molar-refractivity contribution in [2.24, 2.45) is 0 Å². The number of aromatic amines is 1. The van der Waals surface area contributed by atoms with Crippen molar-refractivity contribution >= 4 is 22.8 Å². The molecule has 0 spiro atoms. The van der Waals surface area contributed by atoms with Crippen molar-refractivity contribution in [1.29, 1.82) is 0 Å². The third-order valence-corrected chi connectivity index (χ3v) is 5.02. The van der Waals surface area contributed by atoms with Gasteiger partial charge in [-0.3, -0.25) is 4.57 Å². The van der Waals surface area contributed by atoms with Gasteiger partial charge in [0.1, 0.15) is 17.9 Å². The molecule has 1 aromatic carbocycles. The van der Waals surface area contributed by atoms with Gasteiger partial charge in [-0.2, -0.15) is 9.97 Å². The molecule has 0 aliphatic heterocycles. The molecule has 11 nitrogen and oxygen atoms in total. The first-order valence-electron chi connectivity index (χ1n) is 10.4. The van der Waals surface area contributed by atoms with E-state index >= 15 is 0 Å². The molecule has 3 heterocycles. The number of benzene rings is 1. The normalized spacial score (nSPS) is 11.2. The van der Waals surface area contributed by atoms with Crippen molar-refractivity contribution in [3.8, 4) is 6.01 Å². The van der Waals surface area contributed by atoms with Gasteiger partial charge in [0.25, 0.3) is 0 Å². The van der Waals surface area contributed by atoms with Gasteiger partial charge < -0.3 is 31.2 Å². The molecule has 0 atom stereocenters. The lowest BCUT2D eigenvalue weighted by Crippen LogP contribution is -2.18. The maximum atomic E-state index is 12.5. The predicted octanol–water partition coefficient (Wildman–Crippen LogP) is 1.04. The van der Waals surface area contributed by atoms with Crippen molar-refractivity contribution in [1.82, 2.24) is 29.8 Å². The number of fused-ring (bicyclic) bond motifs is 1. The van der Waals surface area contributed by atoms with Gasteiger partial charge in [0.05, 0.1) is 13.2 Å². The first-order chi connectivity index (χ1) is 16.0. The Labute approximate surface area is 189 Å². The van der Waals surface area contributed by atoms with E-state index in [2.05, 4.69) is 25.3 Å². The third kappa shape index (κ3) is 5.45. The first kappa shape index (κ1) is 22.2. The second kappa shape index (κ2) is 10.1. The van der Waals surface area contributed by atoms with Gasteiger partial charge in [-0.1, -0.05) is 24.3 Å². The van der Waals surface area contributed by atoms with E-state index in [1.54, 1.807) is 13.3 Å². The molecule has 0 aliphatic rings. The van der Waals surface area contributed by atoms with Crippen LogP contribution in [0.15, 0.2) is 47.4 Å². The molecule has 0 fully saturated rings. The number of nitrogens with one attached hydrogen (secondary N) is 2. The van der Waals surface area contributed by atoms with Crippen molar-refractivity contribution < 1.29 is 9.47 Å². The van der Waals surface area contributed by atoms with Crippen LogP contribution in [0.2, 0.25) is 0 Å². The monoisotopic (exact) mass is 450 g/mol. The van der Waals surface area contributed by atoms with Gasteiger partial charge in [0, 0.05) is 26.4 Å². The van der Waals surface area contributed by atoms with Crippen LogP contribution in [0.25, 0.3) is 11.2 Å². The lowest BCUT2D eigenvalue weighted by atomic mass is 10.1. The highest BCUT2D eigenvalue weighted by molar-refractivity contribution is 5.81. The number of hydrogen-bond acceptors (Lipinski definition) is 9. The van der Waals surface area contributed by atoms with Crippen LogP contribution in [-0.4, -0.2) is 44.8 Å². The highest BCUT2D eigenvalue weighted by Gasteiger charge is 2.15. The lowest BCUT2D eigenvalue weighted by Gasteiger charge is -2.08. The molecule has 3 aromatic heterocycles. The fourth-order valence-electron chi connectivity index (χ4n) is 3.36. The number of anilines is 2. The van der Waals surface area contributed by atoms with Crippen LogP contribution in [0.4, 0.5) is 11.6 Å². The summed E-state index contributed by atoms with van der Waals surface area (Å²) in [5.41, 5.74) is 15.3. The summed E-state index contributed by atoms with van der Waals surface area (Å²) >= 11 is 0. The smallest absolute Gasteiger partial charge is 0.328 e. The van der Waals surface area contributed by atoms with Crippen molar-refractivity contribution in [3.05, 3.63) is 69.8 Å². The number of nitrogens with two attached hydrogens (primary N) is 2. The zero-order valence-corrected chi connectivity index (χ0v) is 18.2. The van der Waals surface area contributed by atoms with Gasteiger partial charge in [-0.05, 0) is 28.8 Å². The van der Waals surface area contributed by atoms with Gasteiger partial charge >= 0.3 is 11.7 Å². The molecule has 0 aliphatic carbocycles. The van der Waals surface area contributed by atoms with Gasteiger partial charge in [-0.25, -0.2) is 9.78 Å². The summed E-state index contributed by atoms with van der Waals surface area (Å²) in [6.07, 6.45) is 1.70. The largest absolute Gasteiger partial charge is 0.461 e. The van der Waals surface area contributed by atoms with E-state index in [1.165, 1.54) is 4.57 Å². The van der Waals surface area contributed by atoms with E-state index in [-0.39, 0.29) is 24.1 Å². The lowest BCUT2D eigenvalue weighted by molar-refractivity contribution is 0.141. The quantitative estimate of drug-likeness (QED) is 0.259. The maximum absolute atomic E-state index is 12.5. The van der Waals surface area contributed by atoms with Crippen LogP contribution >= 0.6 is 0 Å². The molecule has 0 saturated heterocycles. The number of pyridine rings is 1. The summed E-state index contributed by atoms with van der Waals surface area (Å²) in [4.78, 5) is 27.7. The zero-order valence-electron chi connectivity index (χ0n) is 18.2. The number of rotatable bonds is 10. The molecule has 11 heteroatoms. The standard InChI is InChI=1S/C22H26N8O3/c1-32-8-9-33-21-28-19(24)18-20(29-21)30(22(31)27-18)13-15-4-2-14(3-5-15)11-25-12-16-6-7-26-17(23)10-16/h2-7,10,25H,8-9,11-13H2,1H3,(H2,23,26)(H,27,31)(H2,24,28,29). The van der Waals surface area contributed by atoms with E-state index in [1.807, 2.05) is 36.4 Å². The summed E-state index contributed by atoms with van der Waals surface area (Å²) in [5.74, 6) is 0.660. The average Bonchev–Trinajstić information content (AvgIpc) is 3.11. The Bertz CT molecular complexity index is 1280. The van der Waals surface area contributed by atoms with Gasteiger partial charge in [0.15, 0.2) is 11.5 Å². The van der Waals surface area contributed by atoms with E-state index in [4.69, 9.17) is 20.9 Å². The van der Waals surface area contributed by atoms with Crippen LogP contribution in [0.5, 0.6) is 6.01 Å². The highest BCUT2D eigenvalue weighted by atomic mass is 16.5. The third-order valence-electron chi connectivity index (χ3n) is 5.02. The van der Waals surface area contributed by atoms with Crippen LogP contribution in [0.1, 0.15) is 16.7 Å². The molecule has 0 bridgehead atoms. The number of H-pyrrole nitrogens is 1. The Morgan fingerprint density at radius 3 is 2.55 bits per heavy atom. The number of ether oxygens (including phenoxy) is 2. The molecule has 172 valence electrons. The molecule has 33 heavy (non-hydrogen) atoms. The van der Waals surface area contributed by atoms with Crippen molar-refractivity contribution in [2.75, 3.05) is 31.8 Å². The molecule has 0 unspecified atom stereocenters. The van der Waals surface area contributed by atoms with Crippen molar-refractivity contribution in [2.45, 2.75) is 19.6 Å². The molecular weight excluding hydrogens is 424 g/mol. The SMILES string of the molecule is COCCOc1nc(N)c2[nH]c(=O)n(Cc3ccc(CNCc4ccnc(N)c4)cc3)c2n1. The Balaban J connectivity index is 1.44. The molecule has 4 rings (SSSR count). The predicted molar refractivity (Wildman–Crippen MR) is 125 cm³/mol. The molecular formula is C22H26N8O3. The minimum absolute atomic E-state index is 0.0992. The summed E-state index contributed by atoms with van der Waals surface area (Å²) in [6, 6.07) is 11.9. The number of hydrogen-bond donors (Lipinski definition) is 4. The highest BCUT2D eigenvalue weighted by Crippen LogP contribution is 2.18. The number of nitrogen functional groups attached to an aromatic ring is 2. The summed E-state index contributed by atoms with van der Waals surface area (Å²) < 4.78 is 11.9. The molecule has 0 saturated carbocycles. The number of imidazole rings is 1. The van der Waals surface area contributed by atoms with Crippen LogP contribution in [0, 0.1) is 0 Å². The number of aromatic nitrogens is 5. The van der Waals surface area contributed by atoms with Crippen LogP contribution in [-0.2, 0) is 24.4 Å². The maximum Gasteiger partial charge on any atom is 0.328 e. The summed E-state index contributed by atoms with van der Waals surface area (Å²) in [7, 11) is 1.57. The zero-order chi connectivity index (χ0) is 23.2. The molecule has 6 N–H and O–H groups in total. The van der Waals surface area contributed by atoms with Gasteiger partial charge in [-0.15, -0.1) is 0 Å². The van der Waals surface area contributed by atoms with E-state index in [0.717, 1.165) is 16.7 Å². The molecule has 0 radical (unpaired) electrons. The fraction of sp³-hybridized carbons (Fsp3) is 0.273. The summed E-state index contributed by atoms with van der Waals surface area (Å²) in [5, 5.41) is 3.38. The Morgan fingerprint density at radius 1 is 1.03 bits per heavy atom. The van der Waals surface area contributed by atoms with E-state index in [9.17, 15) is 4.79 Å². The minimum atomic E-state index is -0.317. The van der Waals surface area contributed by atoms with E-state index < -0.39 is 0 Å². The number of nitrogens with zero attached hydrogens (tertiary/aromatic N) is 4. The van der Waals surface area contributed by atoms with Crippen LogP contribution < -0.4 is 27.2 Å². The number of methoxy groups -OCH3 is 1. The Hall–Kier alpha value is -3.96. The fourth-order valence-corrected chi connectivity index (χ4v) is 3.36. The second-order valence-corrected chi connectivity index (χ2v) is 7.46. The Kier molecular flexibility index (Phi) is 6.81. The second-order valence-electron chi connectivity index (χ2n) is 7.46. The first-order valence-corrected chi connectivity index (χ1v) is 10.4. The molecule has 4 aromatic rings. The summed E-state index contributed by atoms with van der Waals surface area (Å²) in [6.45, 7) is 2.38.